The molecule has 0 bridgehead atoms. The Kier molecular flexibility index (Phi) is 6.66. The summed E-state index contributed by atoms with van der Waals surface area (Å²) in [6.45, 7) is 0.994. The van der Waals surface area contributed by atoms with E-state index in [1.807, 2.05) is 36.4 Å². The zero-order valence-electron chi connectivity index (χ0n) is 19.4. The third-order valence-electron chi connectivity index (χ3n) is 5.65. The minimum Gasteiger partial charge on any atom is -0.493 e. The van der Waals surface area contributed by atoms with Crippen LogP contribution in [0, 0.1) is 0 Å². The van der Waals surface area contributed by atoms with Gasteiger partial charge in [0.25, 0.3) is 5.91 Å². The number of methoxy groups -OCH3 is 2. The van der Waals surface area contributed by atoms with Crippen LogP contribution in [0.15, 0.2) is 66.7 Å². The van der Waals surface area contributed by atoms with E-state index in [1.165, 1.54) is 5.56 Å². The van der Waals surface area contributed by atoms with Crippen molar-refractivity contribution in [1.82, 2.24) is 4.90 Å². The van der Waals surface area contributed by atoms with E-state index in [1.54, 1.807) is 20.3 Å². The second kappa shape index (κ2) is 9.79. The van der Waals surface area contributed by atoms with Gasteiger partial charge in [-0.05, 0) is 49.8 Å². The average molecular weight is 444 g/mol. The molecule has 0 aliphatic carbocycles. The van der Waals surface area contributed by atoms with Crippen molar-refractivity contribution in [3.63, 3.8) is 0 Å². The molecule has 4 rings (SSSR count). The monoisotopic (exact) mass is 443 g/mol. The van der Waals surface area contributed by atoms with Crippen LogP contribution in [0.5, 0.6) is 11.5 Å². The van der Waals surface area contributed by atoms with Crippen molar-refractivity contribution >= 4 is 28.6 Å². The predicted octanol–water partition coefficient (Wildman–Crippen LogP) is 4.74. The number of carbonyl (C=O) groups is 1. The molecule has 1 heterocycles. The third kappa shape index (κ3) is 4.86. The van der Waals surface area contributed by atoms with Crippen LogP contribution in [0.3, 0.4) is 0 Å². The average Bonchev–Trinajstić information content (AvgIpc) is 3.15. The molecular weight excluding hydrogens is 414 g/mol. The molecule has 0 aromatic heterocycles. The second-order valence-electron chi connectivity index (χ2n) is 8.20. The number of benzene rings is 3. The highest BCUT2D eigenvalue weighted by Gasteiger charge is 2.30. The molecule has 0 atom stereocenters. The van der Waals surface area contributed by atoms with Crippen LogP contribution in [0.2, 0.25) is 0 Å². The fourth-order valence-electron chi connectivity index (χ4n) is 3.88. The number of hydrogen-bond acceptors (Lipinski definition) is 5. The van der Waals surface area contributed by atoms with E-state index in [0.717, 1.165) is 35.5 Å². The topological polar surface area (TPSA) is 62.8 Å². The quantitative estimate of drug-likeness (QED) is 0.493. The molecule has 0 fully saturated rings. The van der Waals surface area contributed by atoms with E-state index in [0.29, 0.717) is 22.8 Å². The third-order valence-corrected chi connectivity index (χ3v) is 5.65. The summed E-state index contributed by atoms with van der Waals surface area (Å²) in [5.41, 5.74) is 5.87. The normalized spacial score (nSPS) is 14.0. The van der Waals surface area contributed by atoms with Gasteiger partial charge < -0.3 is 25.0 Å². The lowest BCUT2D eigenvalue weighted by Gasteiger charge is -2.16. The van der Waals surface area contributed by atoms with Crippen molar-refractivity contribution in [2.75, 3.05) is 45.5 Å². The minimum absolute atomic E-state index is 0.172. The molecule has 2 N–H and O–H groups in total. The first kappa shape index (κ1) is 22.4. The summed E-state index contributed by atoms with van der Waals surface area (Å²) in [6, 6.07) is 21.9. The number of fused-ring (bicyclic) bond motifs is 1. The van der Waals surface area contributed by atoms with Gasteiger partial charge in [0.2, 0.25) is 0 Å². The lowest BCUT2D eigenvalue weighted by Crippen LogP contribution is -2.15. The minimum atomic E-state index is -0.172. The van der Waals surface area contributed by atoms with Crippen LogP contribution in [0.25, 0.3) is 11.3 Å². The molecule has 3 aromatic rings. The van der Waals surface area contributed by atoms with Crippen LogP contribution in [-0.4, -0.2) is 45.7 Å². The van der Waals surface area contributed by atoms with E-state index in [9.17, 15) is 4.79 Å². The molecule has 0 saturated heterocycles. The first-order valence-electron chi connectivity index (χ1n) is 10.9. The highest BCUT2D eigenvalue weighted by Crippen LogP contribution is 2.43. The zero-order valence-corrected chi connectivity index (χ0v) is 19.4. The fourth-order valence-corrected chi connectivity index (χ4v) is 3.88. The standard InChI is InChI=1S/C27H29N3O3/c1-30(2)15-14-18-10-12-20(13-11-18)28-26(19-8-6-5-7-9-19)25-21-16-23(32-3)24(33-4)17-22(21)29-27(25)31/h5-13,16-17,28H,14-15H2,1-4H3,(H,29,31). The van der Waals surface area contributed by atoms with Crippen molar-refractivity contribution in [2.45, 2.75) is 6.42 Å². The lowest BCUT2D eigenvalue weighted by molar-refractivity contribution is -0.110. The molecule has 0 spiro atoms. The van der Waals surface area contributed by atoms with Crippen molar-refractivity contribution in [3.05, 3.63) is 83.4 Å². The summed E-state index contributed by atoms with van der Waals surface area (Å²) in [7, 11) is 7.32. The number of anilines is 2. The van der Waals surface area contributed by atoms with Crippen LogP contribution >= 0.6 is 0 Å². The Bertz CT molecular complexity index is 1170. The Hall–Kier alpha value is -3.77. The van der Waals surface area contributed by atoms with Crippen molar-refractivity contribution in [2.24, 2.45) is 0 Å². The highest BCUT2D eigenvalue weighted by atomic mass is 16.5. The van der Waals surface area contributed by atoms with Gasteiger partial charge in [-0.15, -0.1) is 0 Å². The van der Waals surface area contributed by atoms with Crippen molar-refractivity contribution in [1.29, 1.82) is 0 Å². The summed E-state index contributed by atoms with van der Waals surface area (Å²) < 4.78 is 10.9. The molecule has 1 aliphatic heterocycles. The summed E-state index contributed by atoms with van der Waals surface area (Å²) in [5, 5.41) is 6.47. The van der Waals surface area contributed by atoms with Gasteiger partial charge in [0, 0.05) is 23.9 Å². The molecule has 0 unspecified atom stereocenters. The number of ether oxygens (including phenoxy) is 2. The molecule has 0 saturated carbocycles. The van der Waals surface area contributed by atoms with E-state index in [-0.39, 0.29) is 5.91 Å². The molecule has 3 aromatic carbocycles. The highest BCUT2D eigenvalue weighted by molar-refractivity contribution is 6.37. The van der Waals surface area contributed by atoms with Gasteiger partial charge in [-0.25, -0.2) is 0 Å². The number of rotatable bonds is 8. The van der Waals surface area contributed by atoms with Crippen LogP contribution in [0.1, 0.15) is 16.7 Å². The molecule has 170 valence electrons. The molecule has 1 aliphatic rings. The van der Waals surface area contributed by atoms with Crippen LogP contribution in [-0.2, 0) is 11.2 Å². The van der Waals surface area contributed by atoms with Gasteiger partial charge >= 0.3 is 0 Å². The molecule has 6 heteroatoms. The van der Waals surface area contributed by atoms with E-state index < -0.39 is 0 Å². The van der Waals surface area contributed by atoms with Gasteiger partial charge in [-0.3, -0.25) is 4.79 Å². The van der Waals surface area contributed by atoms with Crippen molar-refractivity contribution in [3.8, 4) is 11.5 Å². The maximum atomic E-state index is 13.1. The molecule has 0 radical (unpaired) electrons. The van der Waals surface area contributed by atoms with Gasteiger partial charge in [-0.2, -0.15) is 0 Å². The largest absolute Gasteiger partial charge is 0.493 e. The molecule has 33 heavy (non-hydrogen) atoms. The number of nitrogens with zero attached hydrogens (tertiary/aromatic N) is 1. The van der Waals surface area contributed by atoms with Gasteiger partial charge in [-0.1, -0.05) is 42.5 Å². The zero-order chi connectivity index (χ0) is 23.4. The van der Waals surface area contributed by atoms with E-state index >= 15 is 0 Å². The summed E-state index contributed by atoms with van der Waals surface area (Å²) >= 11 is 0. The first-order valence-corrected chi connectivity index (χ1v) is 10.9. The molecule has 6 nitrogen and oxygen atoms in total. The van der Waals surface area contributed by atoms with E-state index in [4.69, 9.17) is 9.47 Å². The predicted molar refractivity (Wildman–Crippen MR) is 134 cm³/mol. The Balaban J connectivity index is 1.77. The molecule has 1 amide bonds. The number of carbonyl (C=O) groups excluding carboxylic acids is 1. The van der Waals surface area contributed by atoms with E-state index in [2.05, 4.69) is 53.9 Å². The summed E-state index contributed by atoms with van der Waals surface area (Å²) in [4.78, 5) is 15.3. The van der Waals surface area contributed by atoms with Crippen molar-refractivity contribution < 1.29 is 14.3 Å². The first-order chi connectivity index (χ1) is 16.0. The second-order valence-corrected chi connectivity index (χ2v) is 8.20. The number of hydrogen-bond donors (Lipinski definition) is 2. The lowest BCUT2D eigenvalue weighted by atomic mass is 9.99. The summed E-state index contributed by atoms with van der Waals surface area (Å²) in [6.07, 6.45) is 0.983. The maximum Gasteiger partial charge on any atom is 0.258 e. The number of likely N-dealkylation sites (N-methyl/N-ethyl adjacent to an activating group) is 1. The number of amides is 1. The Morgan fingerprint density at radius 1 is 0.939 bits per heavy atom. The Labute approximate surface area is 194 Å². The van der Waals surface area contributed by atoms with Gasteiger partial charge in [0.05, 0.1) is 31.2 Å². The summed E-state index contributed by atoms with van der Waals surface area (Å²) in [5.74, 6) is 0.970. The SMILES string of the molecule is COc1cc2c(cc1OC)C(=C(Nc1ccc(CCN(C)C)cc1)c1ccccc1)C(=O)N2. The van der Waals surface area contributed by atoms with Crippen LogP contribution in [0.4, 0.5) is 11.4 Å². The Morgan fingerprint density at radius 3 is 2.24 bits per heavy atom. The maximum absolute atomic E-state index is 13.1. The molecular formula is C27H29N3O3. The van der Waals surface area contributed by atoms with Gasteiger partial charge in [0.1, 0.15) is 0 Å². The van der Waals surface area contributed by atoms with Gasteiger partial charge in [0.15, 0.2) is 11.5 Å². The Morgan fingerprint density at radius 2 is 1.61 bits per heavy atom. The van der Waals surface area contributed by atoms with Crippen LogP contribution < -0.4 is 20.1 Å². The number of nitrogens with one attached hydrogen (secondary N) is 2. The fraction of sp³-hybridized carbons (Fsp3) is 0.222. The smallest absolute Gasteiger partial charge is 0.258 e.